The van der Waals surface area contributed by atoms with Crippen LogP contribution in [0.3, 0.4) is 0 Å². The minimum absolute atomic E-state index is 0. The fourth-order valence-electron chi connectivity index (χ4n) is 0.622. The van der Waals surface area contributed by atoms with E-state index in [9.17, 15) is 14.4 Å². The number of aliphatic hydroxyl groups is 2. The second kappa shape index (κ2) is 38.7. The number of aliphatic hydroxyl groups excluding tert-OH is 2. The SMILES string of the molecule is CC(=O)N(C)CCO.CC(=O)OC(C)=O.CNCCO.O.O.[Al].[O]=[Al]. The van der Waals surface area contributed by atoms with Crippen molar-refractivity contribution in [2.45, 2.75) is 20.8 Å². The van der Waals surface area contributed by atoms with Gasteiger partial charge in [-0.2, -0.15) is 0 Å². The molecule has 0 aliphatic rings. The number of ether oxygens (including phenoxy) is 1. The average Bonchev–Trinajstić information content (AvgIpc) is 2.42. The third-order valence-electron chi connectivity index (χ3n) is 1.62. The zero-order chi connectivity index (χ0) is 18.6. The van der Waals surface area contributed by atoms with Gasteiger partial charge in [-0.3, -0.25) is 14.4 Å². The van der Waals surface area contributed by atoms with E-state index < -0.39 is 11.9 Å². The van der Waals surface area contributed by atoms with Crippen molar-refractivity contribution < 1.29 is 44.1 Å². The predicted molar refractivity (Wildman–Crippen MR) is 93.3 cm³/mol. The number of carbonyl (C=O) groups excluding carboxylic acids is 3. The van der Waals surface area contributed by atoms with Gasteiger partial charge in [-0.05, 0) is 7.05 Å². The van der Waals surface area contributed by atoms with E-state index in [2.05, 4.69) is 10.1 Å². The van der Waals surface area contributed by atoms with Crippen molar-refractivity contribution in [1.82, 2.24) is 10.2 Å². The molecule has 0 saturated heterocycles. The summed E-state index contributed by atoms with van der Waals surface area (Å²) >= 11 is 1.17. The van der Waals surface area contributed by atoms with Gasteiger partial charge < -0.3 is 36.1 Å². The molecule has 0 aliphatic heterocycles. The molecule has 0 bridgehead atoms. The number of hydrogen-bond donors (Lipinski definition) is 3. The average molecular weight is 400 g/mol. The van der Waals surface area contributed by atoms with Gasteiger partial charge in [0.1, 0.15) is 0 Å². The number of nitrogens with one attached hydrogen (secondary N) is 1. The number of likely N-dealkylation sites (N-methyl/N-ethyl adjacent to an activating group) is 2. The molecule has 0 aromatic heterocycles. The molecule has 0 fully saturated rings. The van der Waals surface area contributed by atoms with E-state index in [-0.39, 0.29) is 47.4 Å². The van der Waals surface area contributed by atoms with E-state index in [0.29, 0.717) is 13.1 Å². The van der Waals surface area contributed by atoms with Crippen molar-refractivity contribution >= 4 is 51.4 Å². The fraction of sp³-hybridized carbons (Fsp3) is 0.750. The molecule has 0 unspecified atom stereocenters. The Hall–Kier alpha value is -0.725. The van der Waals surface area contributed by atoms with Crippen molar-refractivity contribution in [2.75, 3.05) is 40.4 Å². The number of hydrogen-bond acceptors (Lipinski definition) is 8. The summed E-state index contributed by atoms with van der Waals surface area (Å²) in [6, 6.07) is 0. The van der Waals surface area contributed by atoms with Gasteiger partial charge in [0.2, 0.25) is 5.91 Å². The number of carbonyl (C=O) groups is 3. The molecule has 25 heavy (non-hydrogen) atoms. The summed E-state index contributed by atoms with van der Waals surface area (Å²) in [5.74, 6) is -1.14. The second-order valence-electron chi connectivity index (χ2n) is 3.58. The monoisotopic (exact) mass is 400 g/mol. The Morgan fingerprint density at radius 2 is 1.36 bits per heavy atom. The summed E-state index contributed by atoms with van der Waals surface area (Å²) in [5, 5.41) is 19.1. The van der Waals surface area contributed by atoms with Crippen LogP contribution in [0.2, 0.25) is 0 Å². The van der Waals surface area contributed by atoms with E-state index in [1.54, 1.807) is 14.1 Å². The number of rotatable bonds is 4. The Morgan fingerprint density at radius 1 is 1.00 bits per heavy atom. The maximum atomic E-state index is 10.3. The Bertz CT molecular complexity index is 284. The van der Waals surface area contributed by atoms with Crippen LogP contribution in [-0.4, -0.2) is 118 Å². The van der Waals surface area contributed by atoms with E-state index in [4.69, 9.17) is 14.0 Å². The standard InChI is InChI=1S/C5H11NO2.C4H6O3.C3H9NO.2Al.2H2O.O/c1-5(8)6(2)3-4-7;1-3(5)7-4(2)6;1-4-2-3-5;;;;;/h7H,3-4H2,1-2H3;1-2H3;4-5H,2-3H2,1H3;;;2*1H2;. The quantitative estimate of drug-likeness (QED) is 0.243. The molecule has 0 spiro atoms. The van der Waals surface area contributed by atoms with Crippen LogP contribution >= 0.6 is 0 Å². The molecule has 0 aromatic carbocycles. The van der Waals surface area contributed by atoms with Gasteiger partial charge in [-0.15, -0.1) is 0 Å². The first-order chi connectivity index (χ1) is 10.2. The van der Waals surface area contributed by atoms with Gasteiger partial charge in [-0.25, -0.2) is 0 Å². The molecule has 148 valence electrons. The van der Waals surface area contributed by atoms with E-state index in [1.807, 2.05) is 0 Å². The number of amides is 1. The van der Waals surface area contributed by atoms with Crippen molar-refractivity contribution in [3.8, 4) is 0 Å². The molecular formula is C12H30Al2N2O9. The predicted octanol–water partition coefficient (Wildman–Crippen LogP) is -3.78. The van der Waals surface area contributed by atoms with Crippen LogP contribution in [-0.2, 0) is 22.9 Å². The summed E-state index contributed by atoms with van der Waals surface area (Å²) in [4.78, 5) is 31.4. The molecule has 13 heteroatoms. The van der Waals surface area contributed by atoms with Gasteiger partial charge in [0, 0.05) is 58.3 Å². The first-order valence-corrected chi connectivity index (χ1v) is 6.70. The third-order valence-corrected chi connectivity index (χ3v) is 1.62. The minimum atomic E-state index is -0.562. The van der Waals surface area contributed by atoms with E-state index in [0.717, 1.165) is 0 Å². The van der Waals surface area contributed by atoms with Crippen LogP contribution in [0.1, 0.15) is 20.8 Å². The van der Waals surface area contributed by atoms with Crippen LogP contribution in [0.25, 0.3) is 0 Å². The van der Waals surface area contributed by atoms with Crippen molar-refractivity contribution in [1.29, 1.82) is 0 Å². The van der Waals surface area contributed by atoms with Crippen LogP contribution in [0, 0.1) is 0 Å². The molecule has 1 amide bonds. The molecule has 0 aliphatic carbocycles. The molecule has 0 aromatic rings. The van der Waals surface area contributed by atoms with E-state index in [1.165, 1.54) is 41.9 Å². The summed E-state index contributed by atoms with van der Waals surface area (Å²) in [5.41, 5.74) is 0. The van der Waals surface area contributed by atoms with Crippen molar-refractivity contribution in [2.24, 2.45) is 0 Å². The first kappa shape index (κ1) is 44.1. The molecule has 4 radical (unpaired) electrons. The van der Waals surface area contributed by atoms with Crippen molar-refractivity contribution in [3.05, 3.63) is 0 Å². The van der Waals surface area contributed by atoms with Crippen LogP contribution in [0.15, 0.2) is 0 Å². The van der Waals surface area contributed by atoms with Crippen LogP contribution in [0.5, 0.6) is 0 Å². The normalized spacial score (nSPS) is 6.80. The van der Waals surface area contributed by atoms with Gasteiger partial charge in [-0.1, -0.05) is 0 Å². The first-order valence-electron chi connectivity index (χ1n) is 6.23. The Labute approximate surface area is 167 Å². The molecule has 0 rings (SSSR count). The zero-order valence-corrected chi connectivity index (χ0v) is 17.7. The Balaban J connectivity index is -0.0000000356. The summed E-state index contributed by atoms with van der Waals surface area (Å²) in [6.07, 6.45) is 0. The van der Waals surface area contributed by atoms with Gasteiger partial charge >= 0.3 is 32.0 Å². The Kier molecular flexibility index (Phi) is 68.2. The number of esters is 2. The molecular weight excluding hydrogens is 370 g/mol. The van der Waals surface area contributed by atoms with Crippen LogP contribution < -0.4 is 5.32 Å². The topological polar surface area (TPSA) is 196 Å². The summed E-state index contributed by atoms with van der Waals surface area (Å²) < 4.78 is 12.1. The molecule has 7 N–H and O–H groups in total. The summed E-state index contributed by atoms with van der Waals surface area (Å²) in [6.45, 7) is 5.22. The van der Waals surface area contributed by atoms with Crippen LogP contribution in [0.4, 0.5) is 0 Å². The van der Waals surface area contributed by atoms with E-state index >= 15 is 0 Å². The summed E-state index contributed by atoms with van der Waals surface area (Å²) in [7, 11) is 3.45. The number of nitrogens with zero attached hydrogens (tertiary/aromatic N) is 1. The second-order valence-corrected chi connectivity index (χ2v) is 3.58. The Morgan fingerprint density at radius 3 is 1.40 bits per heavy atom. The zero-order valence-electron chi connectivity index (χ0n) is 15.4. The van der Waals surface area contributed by atoms with Gasteiger partial charge in [0.15, 0.2) is 0 Å². The van der Waals surface area contributed by atoms with Crippen molar-refractivity contribution in [3.63, 3.8) is 0 Å². The molecule has 0 saturated carbocycles. The fourth-order valence-corrected chi connectivity index (χ4v) is 0.622. The molecule has 0 heterocycles. The molecule has 11 nitrogen and oxygen atoms in total. The third kappa shape index (κ3) is 69.9. The van der Waals surface area contributed by atoms with Gasteiger partial charge in [0.25, 0.3) is 0 Å². The van der Waals surface area contributed by atoms with Gasteiger partial charge in [0.05, 0.1) is 13.2 Å². The molecule has 0 atom stereocenters. The maximum absolute atomic E-state index is 10.3.